The van der Waals surface area contributed by atoms with Gasteiger partial charge in [0.05, 0.1) is 6.42 Å². The normalized spacial score (nSPS) is 19.1. The van der Waals surface area contributed by atoms with Gasteiger partial charge in [-0.1, -0.05) is 17.7 Å². The van der Waals surface area contributed by atoms with Crippen molar-refractivity contribution in [3.63, 3.8) is 0 Å². The molecule has 0 aliphatic carbocycles. The summed E-state index contributed by atoms with van der Waals surface area (Å²) in [6, 6.07) is 4.49. The Morgan fingerprint density at radius 3 is 2.95 bits per heavy atom. The number of benzene rings is 1. The van der Waals surface area contributed by atoms with E-state index in [1.54, 1.807) is 12.1 Å². The van der Waals surface area contributed by atoms with E-state index in [0.29, 0.717) is 22.4 Å². The molecular formula is C15H18Cl2FNO. The van der Waals surface area contributed by atoms with E-state index in [4.69, 9.17) is 23.2 Å². The van der Waals surface area contributed by atoms with E-state index in [0.717, 1.165) is 32.4 Å². The van der Waals surface area contributed by atoms with E-state index >= 15 is 0 Å². The van der Waals surface area contributed by atoms with E-state index < -0.39 is 5.82 Å². The molecule has 0 radical (unpaired) electrons. The van der Waals surface area contributed by atoms with Crippen LogP contribution in [0.25, 0.3) is 0 Å². The van der Waals surface area contributed by atoms with Gasteiger partial charge < -0.3 is 4.90 Å². The molecule has 20 heavy (non-hydrogen) atoms. The van der Waals surface area contributed by atoms with Gasteiger partial charge in [-0.2, -0.15) is 0 Å². The van der Waals surface area contributed by atoms with E-state index in [-0.39, 0.29) is 12.3 Å². The number of carbonyl (C=O) groups excluding carboxylic acids is 1. The lowest BCUT2D eigenvalue weighted by Crippen LogP contribution is -2.41. The third kappa shape index (κ3) is 3.86. The SMILES string of the molecule is O=C(Cc1c(F)cccc1Cl)N1CCCC(CCCl)C1. The number of hydrogen-bond acceptors (Lipinski definition) is 1. The van der Waals surface area contributed by atoms with Crippen LogP contribution in [0.2, 0.25) is 5.02 Å². The van der Waals surface area contributed by atoms with Crippen LogP contribution < -0.4 is 0 Å². The quantitative estimate of drug-likeness (QED) is 0.771. The molecule has 0 saturated carbocycles. The van der Waals surface area contributed by atoms with Crippen LogP contribution in [0.5, 0.6) is 0 Å². The minimum Gasteiger partial charge on any atom is -0.342 e. The van der Waals surface area contributed by atoms with Gasteiger partial charge in [-0.05, 0) is 37.3 Å². The molecule has 0 aromatic heterocycles. The zero-order valence-corrected chi connectivity index (χ0v) is 12.8. The monoisotopic (exact) mass is 317 g/mol. The highest BCUT2D eigenvalue weighted by atomic mass is 35.5. The smallest absolute Gasteiger partial charge is 0.227 e. The van der Waals surface area contributed by atoms with Crippen molar-refractivity contribution in [2.75, 3.05) is 19.0 Å². The second kappa shape index (κ2) is 7.28. The van der Waals surface area contributed by atoms with Crippen molar-refractivity contribution in [1.29, 1.82) is 0 Å². The highest BCUT2D eigenvalue weighted by Gasteiger charge is 2.24. The fourth-order valence-electron chi connectivity index (χ4n) is 2.65. The van der Waals surface area contributed by atoms with Gasteiger partial charge in [0, 0.05) is 29.6 Å². The Labute approximate surface area is 128 Å². The number of amides is 1. The summed E-state index contributed by atoms with van der Waals surface area (Å²) in [6.45, 7) is 1.46. The first-order valence-electron chi connectivity index (χ1n) is 6.88. The molecule has 110 valence electrons. The number of likely N-dealkylation sites (tertiary alicyclic amines) is 1. The summed E-state index contributed by atoms with van der Waals surface area (Å²) in [5, 5.41) is 0.313. The van der Waals surface area contributed by atoms with Crippen molar-refractivity contribution >= 4 is 29.1 Å². The molecule has 5 heteroatoms. The van der Waals surface area contributed by atoms with E-state index in [9.17, 15) is 9.18 Å². The van der Waals surface area contributed by atoms with Crippen molar-refractivity contribution in [1.82, 2.24) is 4.90 Å². The summed E-state index contributed by atoms with van der Waals surface area (Å²) in [7, 11) is 0. The van der Waals surface area contributed by atoms with Crippen LogP contribution in [0.3, 0.4) is 0 Å². The predicted molar refractivity (Wildman–Crippen MR) is 79.8 cm³/mol. The zero-order chi connectivity index (χ0) is 14.5. The maximum atomic E-state index is 13.7. The van der Waals surface area contributed by atoms with Gasteiger partial charge >= 0.3 is 0 Å². The van der Waals surface area contributed by atoms with Gasteiger partial charge in [0.25, 0.3) is 0 Å². The number of halogens is 3. The highest BCUT2D eigenvalue weighted by molar-refractivity contribution is 6.31. The third-order valence-electron chi connectivity index (χ3n) is 3.78. The molecule has 1 aliphatic rings. The van der Waals surface area contributed by atoms with Crippen molar-refractivity contribution in [2.24, 2.45) is 5.92 Å². The van der Waals surface area contributed by atoms with Gasteiger partial charge in [-0.15, -0.1) is 11.6 Å². The summed E-state index contributed by atoms with van der Waals surface area (Å²) in [4.78, 5) is 14.1. The average molecular weight is 318 g/mol. The van der Waals surface area contributed by atoms with Crippen molar-refractivity contribution < 1.29 is 9.18 Å². The fraction of sp³-hybridized carbons (Fsp3) is 0.533. The molecule has 0 spiro atoms. The van der Waals surface area contributed by atoms with Crippen molar-refractivity contribution in [2.45, 2.75) is 25.7 Å². The second-order valence-corrected chi connectivity index (χ2v) is 5.99. The Kier molecular flexibility index (Phi) is 5.67. The molecule has 1 heterocycles. The van der Waals surface area contributed by atoms with Crippen LogP contribution in [0, 0.1) is 11.7 Å². The number of rotatable bonds is 4. The molecule has 2 rings (SSSR count). The number of nitrogens with zero attached hydrogens (tertiary/aromatic N) is 1. The summed E-state index contributed by atoms with van der Waals surface area (Å²) in [6.07, 6.45) is 3.04. The van der Waals surface area contributed by atoms with Gasteiger partial charge in [-0.25, -0.2) is 4.39 Å². The molecule has 0 N–H and O–H groups in total. The lowest BCUT2D eigenvalue weighted by Gasteiger charge is -2.32. The van der Waals surface area contributed by atoms with Crippen LogP contribution in [0.1, 0.15) is 24.8 Å². The molecule has 1 unspecified atom stereocenters. The van der Waals surface area contributed by atoms with Crippen LogP contribution in [0.4, 0.5) is 4.39 Å². The maximum Gasteiger partial charge on any atom is 0.227 e. The lowest BCUT2D eigenvalue weighted by molar-refractivity contribution is -0.132. The average Bonchev–Trinajstić information content (AvgIpc) is 2.43. The largest absolute Gasteiger partial charge is 0.342 e. The Balaban J connectivity index is 2.01. The maximum absolute atomic E-state index is 13.7. The molecule has 1 atom stereocenters. The zero-order valence-electron chi connectivity index (χ0n) is 11.2. The minimum atomic E-state index is -0.417. The fourth-order valence-corrected chi connectivity index (χ4v) is 3.18. The third-order valence-corrected chi connectivity index (χ3v) is 4.35. The summed E-state index contributed by atoms with van der Waals surface area (Å²) in [5.41, 5.74) is 0.290. The first-order valence-corrected chi connectivity index (χ1v) is 7.79. The van der Waals surface area contributed by atoms with Gasteiger partial charge in [-0.3, -0.25) is 4.79 Å². The number of piperidine rings is 1. The molecule has 1 aromatic rings. The van der Waals surface area contributed by atoms with Gasteiger partial charge in [0.1, 0.15) is 5.82 Å². The Morgan fingerprint density at radius 2 is 2.25 bits per heavy atom. The number of alkyl halides is 1. The molecule has 1 fully saturated rings. The minimum absolute atomic E-state index is 0.0269. The summed E-state index contributed by atoms with van der Waals surface area (Å²) < 4.78 is 13.7. The molecule has 1 saturated heterocycles. The van der Waals surface area contributed by atoms with Crippen molar-refractivity contribution in [3.05, 3.63) is 34.6 Å². The first-order chi connectivity index (χ1) is 9.61. The molecule has 1 aromatic carbocycles. The molecule has 1 amide bonds. The van der Waals surface area contributed by atoms with Crippen molar-refractivity contribution in [3.8, 4) is 0 Å². The number of hydrogen-bond donors (Lipinski definition) is 0. The van der Waals surface area contributed by atoms with Gasteiger partial charge in [0.15, 0.2) is 0 Å². The van der Waals surface area contributed by atoms with E-state index in [1.165, 1.54) is 6.07 Å². The van der Waals surface area contributed by atoms with Gasteiger partial charge in [0.2, 0.25) is 5.91 Å². The van der Waals surface area contributed by atoms with Crippen LogP contribution >= 0.6 is 23.2 Å². The topological polar surface area (TPSA) is 20.3 Å². The lowest BCUT2D eigenvalue weighted by atomic mass is 9.95. The molecule has 1 aliphatic heterocycles. The van der Waals surface area contributed by atoms with Crippen LogP contribution in [0.15, 0.2) is 18.2 Å². The van der Waals surface area contributed by atoms with E-state index in [1.807, 2.05) is 4.90 Å². The highest BCUT2D eigenvalue weighted by Crippen LogP contribution is 2.23. The summed E-state index contributed by atoms with van der Waals surface area (Å²) >= 11 is 11.7. The Morgan fingerprint density at radius 1 is 1.45 bits per heavy atom. The standard InChI is InChI=1S/C15H18Cl2FNO/c16-7-6-11-3-2-8-19(10-11)15(20)9-12-13(17)4-1-5-14(12)18/h1,4-5,11H,2-3,6-10H2. The Hall–Kier alpha value is -0.800. The molecular weight excluding hydrogens is 300 g/mol. The number of carbonyl (C=O) groups is 1. The first kappa shape index (κ1) is 15.6. The molecule has 0 bridgehead atoms. The Bertz CT molecular complexity index is 459. The second-order valence-electron chi connectivity index (χ2n) is 5.20. The van der Waals surface area contributed by atoms with Crippen LogP contribution in [-0.2, 0) is 11.2 Å². The van der Waals surface area contributed by atoms with E-state index in [2.05, 4.69) is 0 Å². The van der Waals surface area contributed by atoms with Crippen LogP contribution in [-0.4, -0.2) is 29.8 Å². The predicted octanol–water partition coefficient (Wildman–Crippen LogP) is 3.89. The summed E-state index contributed by atoms with van der Waals surface area (Å²) in [5.74, 6) is 0.601. The molecule has 2 nitrogen and oxygen atoms in total.